The molecule has 0 radical (unpaired) electrons. The SMILES string of the molecule is CCOc1cc(CC(N)c2ccccn2)cc(Cl)c1OC. The summed E-state index contributed by atoms with van der Waals surface area (Å²) in [6.07, 6.45) is 2.36. The van der Waals surface area contributed by atoms with Gasteiger partial charge in [0.1, 0.15) is 0 Å². The van der Waals surface area contributed by atoms with Crippen LogP contribution in [0.15, 0.2) is 36.5 Å². The second kappa shape index (κ2) is 7.29. The van der Waals surface area contributed by atoms with Gasteiger partial charge in [0.2, 0.25) is 0 Å². The highest BCUT2D eigenvalue weighted by atomic mass is 35.5. The van der Waals surface area contributed by atoms with Gasteiger partial charge in [0, 0.05) is 6.20 Å². The van der Waals surface area contributed by atoms with Crippen LogP contribution in [0.5, 0.6) is 11.5 Å². The van der Waals surface area contributed by atoms with E-state index in [4.69, 9.17) is 26.8 Å². The molecule has 112 valence electrons. The normalized spacial score (nSPS) is 12.0. The summed E-state index contributed by atoms with van der Waals surface area (Å²) in [5, 5.41) is 0.520. The van der Waals surface area contributed by atoms with Gasteiger partial charge >= 0.3 is 0 Å². The fourth-order valence-corrected chi connectivity index (χ4v) is 2.46. The summed E-state index contributed by atoms with van der Waals surface area (Å²) < 4.78 is 10.8. The van der Waals surface area contributed by atoms with Gasteiger partial charge in [0.05, 0.1) is 30.5 Å². The Kier molecular flexibility index (Phi) is 5.42. The Morgan fingerprint density at radius 2 is 2.14 bits per heavy atom. The van der Waals surface area contributed by atoms with Crippen LogP contribution in [-0.4, -0.2) is 18.7 Å². The Labute approximate surface area is 129 Å². The van der Waals surface area contributed by atoms with Crippen LogP contribution in [0, 0.1) is 0 Å². The predicted molar refractivity (Wildman–Crippen MR) is 84.0 cm³/mol. The lowest BCUT2D eigenvalue weighted by Gasteiger charge is -2.15. The quantitative estimate of drug-likeness (QED) is 0.889. The maximum absolute atomic E-state index is 6.24. The smallest absolute Gasteiger partial charge is 0.179 e. The van der Waals surface area contributed by atoms with Crippen LogP contribution in [0.1, 0.15) is 24.2 Å². The van der Waals surface area contributed by atoms with Crippen molar-refractivity contribution in [3.8, 4) is 11.5 Å². The average Bonchev–Trinajstić information content (AvgIpc) is 2.48. The van der Waals surface area contributed by atoms with Gasteiger partial charge in [0.15, 0.2) is 11.5 Å². The molecule has 0 aliphatic rings. The Bertz CT molecular complexity index is 590. The minimum absolute atomic E-state index is 0.190. The van der Waals surface area contributed by atoms with E-state index < -0.39 is 0 Å². The molecule has 0 saturated carbocycles. The van der Waals surface area contributed by atoms with Crippen LogP contribution in [-0.2, 0) is 6.42 Å². The summed E-state index contributed by atoms with van der Waals surface area (Å²) in [7, 11) is 1.57. The molecule has 1 aromatic carbocycles. The molecular formula is C16H19ClN2O2. The van der Waals surface area contributed by atoms with Gasteiger partial charge in [-0.05, 0) is 43.2 Å². The number of halogens is 1. The lowest BCUT2D eigenvalue weighted by atomic mass is 10.0. The zero-order valence-electron chi connectivity index (χ0n) is 12.2. The molecule has 0 spiro atoms. The van der Waals surface area contributed by atoms with Crippen molar-refractivity contribution in [1.82, 2.24) is 4.98 Å². The molecule has 1 aromatic heterocycles. The van der Waals surface area contributed by atoms with Gasteiger partial charge in [-0.3, -0.25) is 4.98 Å². The van der Waals surface area contributed by atoms with Crippen molar-refractivity contribution < 1.29 is 9.47 Å². The number of ether oxygens (including phenoxy) is 2. The molecule has 2 N–H and O–H groups in total. The number of methoxy groups -OCH3 is 1. The molecule has 2 rings (SSSR count). The van der Waals surface area contributed by atoms with E-state index in [1.54, 1.807) is 13.3 Å². The molecule has 1 heterocycles. The fraction of sp³-hybridized carbons (Fsp3) is 0.312. The molecule has 4 nitrogen and oxygen atoms in total. The molecule has 0 saturated heterocycles. The van der Waals surface area contributed by atoms with Gasteiger partial charge in [-0.2, -0.15) is 0 Å². The van der Waals surface area contributed by atoms with Crippen molar-refractivity contribution in [2.24, 2.45) is 5.73 Å². The first-order valence-electron chi connectivity index (χ1n) is 6.81. The Morgan fingerprint density at radius 3 is 2.76 bits per heavy atom. The van der Waals surface area contributed by atoms with Crippen molar-refractivity contribution in [2.75, 3.05) is 13.7 Å². The van der Waals surface area contributed by atoms with Crippen LogP contribution in [0.3, 0.4) is 0 Å². The summed E-state index contributed by atoms with van der Waals surface area (Å²) in [4.78, 5) is 4.28. The van der Waals surface area contributed by atoms with E-state index >= 15 is 0 Å². The molecule has 0 amide bonds. The second-order valence-corrected chi connectivity index (χ2v) is 5.01. The van der Waals surface area contributed by atoms with Crippen LogP contribution in [0.25, 0.3) is 0 Å². The third-order valence-corrected chi connectivity index (χ3v) is 3.38. The highest BCUT2D eigenvalue weighted by Gasteiger charge is 2.14. The summed E-state index contributed by atoms with van der Waals surface area (Å²) >= 11 is 6.24. The van der Waals surface area contributed by atoms with Crippen LogP contribution in [0.2, 0.25) is 5.02 Å². The first-order valence-corrected chi connectivity index (χ1v) is 7.19. The van der Waals surface area contributed by atoms with E-state index in [9.17, 15) is 0 Å². The number of hydrogen-bond donors (Lipinski definition) is 1. The first-order chi connectivity index (χ1) is 10.2. The number of rotatable bonds is 6. The van der Waals surface area contributed by atoms with E-state index in [0.717, 1.165) is 11.3 Å². The van der Waals surface area contributed by atoms with E-state index in [1.807, 2.05) is 37.3 Å². The number of nitrogens with zero attached hydrogens (tertiary/aromatic N) is 1. The maximum Gasteiger partial charge on any atom is 0.179 e. The van der Waals surface area contributed by atoms with Crippen molar-refractivity contribution in [1.29, 1.82) is 0 Å². The van der Waals surface area contributed by atoms with Crippen molar-refractivity contribution in [2.45, 2.75) is 19.4 Å². The summed E-state index contributed by atoms with van der Waals surface area (Å²) in [6, 6.07) is 9.29. The molecule has 0 bridgehead atoms. The molecule has 0 aliphatic carbocycles. The fourth-order valence-electron chi connectivity index (χ4n) is 2.15. The zero-order valence-corrected chi connectivity index (χ0v) is 12.9. The highest BCUT2D eigenvalue weighted by molar-refractivity contribution is 6.32. The molecule has 1 atom stereocenters. The summed E-state index contributed by atoms with van der Waals surface area (Å²) in [5.41, 5.74) is 8.03. The largest absolute Gasteiger partial charge is 0.491 e. The second-order valence-electron chi connectivity index (χ2n) is 4.61. The van der Waals surface area contributed by atoms with E-state index in [1.165, 1.54) is 0 Å². The van der Waals surface area contributed by atoms with Crippen molar-refractivity contribution in [3.05, 3.63) is 52.8 Å². The monoisotopic (exact) mass is 306 g/mol. The molecule has 5 heteroatoms. The standard InChI is InChI=1S/C16H19ClN2O2/c1-3-21-15-10-11(8-12(17)16(15)20-2)9-13(18)14-6-4-5-7-19-14/h4-8,10,13H,3,9,18H2,1-2H3. The minimum atomic E-state index is -0.190. The lowest BCUT2D eigenvalue weighted by molar-refractivity contribution is 0.310. The van der Waals surface area contributed by atoms with Crippen molar-refractivity contribution in [3.63, 3.8) is 0 Å². The number of nitrogens with two attached hydrogens (primary N) is 1. The Morgan fingerprint density at radius 1 is 1.33 bits per heavy atom. The molecule has 2 aromatic rings. The van der Waals surface area contributed by atoms with Crippen LogP contribution >= 0.6 is 11.6 Å². The predicted octanol–water partition coefficient (Wildman–Crippen LogP) is 3.38. The van der Waals surface area contributed by atoms with Gasteiger partial charge in [-0.1, -0.05) is 17.7 Å². The lowest BCUT2D eigenvalue weighted by Crippen LogP contribution is -2.14. The van der Waals surface area contributed by atoms with Gasteiger partial charge in [0.25, 0.3) is 0 Å². The van der Waals surface area contributed by atoms with E-state index in [-0.39, 0.29) is 6.04 Å². The van der Waals surface area contributed by atoms with E-state index in [0.29, 0.717) is 29.5 Å². The topological polar surface area (TPSA) is 57.4 Å². The van der Waals surface area contributed by atoms with Gasteiger partial charge in [-0.25, -0.2) is 0 Å². The molecule has 0 fully saturated rings. The molecule has 1 unspecified atom stereocenters. The highest BCUT2D eigenvalue weighted by Crippen LogP contribution is 2.37. The van der Waals surface area contributed by atoms with Crippen LogP contribution < -0.4 is 15.2 Å². The number of pyridine rings is 1. The first kappa shape index (κ1) is 15.6. The van der Waals surface area contributed by atoms with Gasteiger partial charge < -0.3 is 15.2 Å². The third-order valence-electron chi connectivity index (χ3n) is 3.10. The minimum Gasteiger partial charge on any atom is -0.491 e. The van der Waals surface area contributed by atoms with Crippen LogP contribution in [0.4, 0.5) is 0 Å². The molecule has 21 heavy (non-hydrogen) atoms. The zero-order chi connectivity index (χ0) is 15.2. The summed E-state index contributed by atoms with van der Waals surface area (Å²) in [5.74, 6) is 1.18. The Balaban J connectivity index is 2.24. The number of hydrogen-bond acceptors (Lipinski definition) is 4. The third kappa shape index (κ3) is 3.86. The maximum atomic E-state index is 6.24. The number of benzene rings is 1. The Hall–Kier alpha value is -1.78. The van der Waals surface area contributed by atoms with Gasteiger partial charge in [-0.15, -0.1) is 0 Å². The number of aromatic nitrogens is 1. The molecule has 0 aliphatic heterocycles. The van der Waals surface area contributed by atoms with E-state index in [2.05, 4.69) is 4.98 Å². The van der Waals surface area contributed by atoms with Crippen molar-refractivity contribution >= 4 is 11.6 Å². The average molecular weight is 307 g/mol. The molecular weight excluding hydrogens is 288 g/mol. The summed E-state index contributed by atoms with van der Waals surface area (Å²) in [6.45, 7) is 2.46.